The predicted molar refractivity (Wildman–Crippen MR) is 66.3 cm³/mol. The Hall–Kier alpha value is -2.17. The fraction of sp³-hybridized carbons (Fsp3) is 0.231. The molecule has 0 radical (unpaired) electrons. The van der Waals surface area contributed by atoms with Crippen LogP contribution in [-0.4, -0.2) is 17.1 Å². The Bertz CT molecular complexity index is 650. The summed E-state index contributed by atoms with van der Waals surface area (Å²) in [6.45, 7) is 3.27. The third-order valence-electron chi connectivity index (χ3n) is 2.70. The summed E-state index contributed by atoms with van der Waals surface area (Å²) in [4.78, 5) is 18.4. The Balaban J connectivity index is 2.66. The standard InChI is InChI=1S/C13H13FN2O2/c1-7-12(15-8(2)16-13(7)17)10-5-4-9(18-3)6-11(10)14/h4-6H,1-3H3,(H,15,16,17). The maximum atomic E-state index is 13.9. The topological polar surface area (TPSA) is 55.0 Å². The number of nitrogens with one attached hydrogen (secondary N) is 1. The SMILES string of the molecule is COc1ccc(-c2nc(C)[nH]c(=O)c2C)c(F)c1. The van der Waals surface area contributed by atoms with Crippen LogP contribution in [0.15, 0.2) is 23.0 Å². The smallest absolute Gasteiger partial charge is 0.254 e. The zero-order chi connectivity index (χ0) is 13.3. The van der Waals surface area contributed by atoms with Crippen molar-refractivity contribution in [3.8, 4) is 17.0 Å². The van der Waals surface area contributed by atoms with Gasteiger partial charge in [0.2, 0.25) is 0 Å². The number of aromatic nitrogens is 2. The summed E-state index contributed by atoms with van der Waals surface area (Å²) < 4.78 is 18.9. The molecule has 1 heterocycles. The van der Waals surface area contributed by atoms with Gasteiger partial charge in [0, 0.05) is 17.2 Å². The molecule has 2 aromatic rings. The predicted octanol–water partition coefficient (Wildman–Crippen LogP) is 2.20. The highest BCUT2D eigenvalue weighted by Crippen LogP contribution is 2.25. The van der Waals surface area contributed by atoms with Crippen molar-refractivity contribution >= 4 is 0 Å². The van der Waals surface area contributed by atoms with E-state index in [-0.39, 0.29) is 5.56 Å². The third-order valence-corrected chi connectivity index (χ3v) is 2.70. The molecule has 0 aliphatic carbocycles. The normalized spacial score (nSPS) is 10.4. The van der Waals surface area contributed by atoms with Crippen LogP contribution in [-0.2, 0) is 0 Å². The fourth-order valence-electron chi connectivity index (χ4n) is 1.72. The molecule has 2 rings (SSSR count). The van der Waals surface area contributed by atoms with E-state index in [4.69, 9.17) is 4.74 Å². The second-order valence-corrected chi connectivity index (χ2v) is 3.97. The van der Waals surface area contributed by atoms with E-state index >= 15 is 0 Å². The van der Waals surface area contributed by atoms with Gasteiger partial charge in [-0.1, -0.05) is 0 Å². The molecule has 1 N–H and O–H groups in total. The number of aryl methyl sites for hydroxylation is 1. The van der Waals surface area contributed by atoms with E-state index in [1.807, 2.05) is 0 Å². The maximum Gasteiger partial charge on any atom is 0.254 e. The zero-order valence-corrected chi connectivity index (χ0v) is 10.4. The summed E-state index contributed by atoms with van der Waals surface area (Å²) >= 11 is 0. The van der Waals surface area contributed by atoms with Gasteiger partial charge in [-0.2, -0.15) is 0 Å². The van der Waals surface area contributed by atoms with E-state index in [0.717, 1.165) is 0 Å². The number of nitrogens with zero attached hydrogens (tertiary/aromatic N) is 1. The Kier molecular flexibility index (Phi) is 3.14. The molecule has 0 aliphatic heterocycles. The Morgan fingerprint density at radius 2 is 2.06 bits per heavy atom. The van der Waals surface area contributed by atoms with Gasteiger partial charge in [-0.25, -0.2) is 9.37 Å². The summed E-state index contributed by atoms with van der Waals surface area (Å²) in [5.41, 5.74) is 0.788. The number of aromatic amines is 1. The van der Waals surface area contributed by atoms with Crippen LogP contribution in [0.25, 0.3) is 11.3 Å². The Morgan fingerprint density at radius 3 is 2.67 bits per heavy atom. The molecule has 4 nitrogen and oxygen atoms in total. The van der Waals surface area contributed by atoms with E-state index in [0.29, 0.717) is 28.4 Å². The summed E-state index contributed by atoms with van der Waals surface area (Å²) in [5, 5.41) is 0. The molecule has 0 saturated carbocycles. The van der Waals surface area contributed by atoms with Crippen molar-refractivity contribution in [1.82, 2.24) is 9.97 Å². The third kappa shape index (κ3) is 2.11. The van der Waals surface area contributed by atoms with Gasteiger partial charge in [-0.15, -0.1) is 0 Å². The van der Waals surface area contributed by atoms with Crippen LogP contribution >= 0.6 is 0 Å². The van der Waals surface area contributed by atoms with Crippen LogP contribution in [0.1, 0.15) is 11.4 Å². The van der Waals surface area contributed by atoms with Crippen molar-refractivity contribution in [3.63, 3.8) is 0 Å². The molecule has 1 aromatic heterocycles. The van der Waals surface area contributed by atoms with E-state index < -0.39 is 5.82 Å². The van der Waals surface area contributed by atoms with E-state index in [9.17, 15) is 9.18 Å². The quantitative estimate of drug-likeness (QED) is 0.886. The van der Waals surface area contributed by atoms with Crippen LogP contribution in [0, 0.1) is 19.7 Å². The summed E-state index contributed by atoms with van der Waals surface area (Å²) in [6.07, 6.45) is 0. The molecular formula is C13H13FN2O2. The van der Waals surface area contributed by atoms with Crippen LogP contribution in [0.5, 0.6) is 5.75 Å². The minimum atomic E-state index is -0.463. The molecule has 0 bridgehead atoms. The van der Waals surface area contributed by atoms with Gasteiger partial charge in [0.25, 0.3) is 5.56 Å². The molecule has 0 amide bonds. The average molecular weight is 248 g/mol. The minimum absolute atomic E-state index is 0.257. The van der Waals surface area contributed by atoms with Crippen molar-refractivity contribution in [2.75, 3.05) is 7.11 Å². The first-order chi connectivity index (χ1) is 8.52. The lowest BCUT2D eigenvalue weighted by Gasteiger charge is -2.08. The molecule has 0 spiro atoms. The minimum Gasteiger partial charge on any atom is -0.497 e. The summed E-state index contributed by atoms with van der Waals surface area (Å²) in [5.74, 6) is 0.418. The van der Waals surface area contributed by atoms with Crippen LogP contribution < -0.4 is 10.3 Å². The van der Waals surface area contributed by atoms with Gasteiger partial charge < -0.3 is 9.72 Å². The zero-order valence-electron chi connectivity index (χ0n) is 10.4. The Labute approximate surface area is 103 Å². The first-order valence-electron chi connectivity index (χ1n) is 5.44. The van der Waals surface area contributed by atoms with Crippen LogP contribution in [0.2, 0.25) is 0 Å². The second kappa shape index (κ2) is 4.60. The first-order valence-corrected chi connectivity index (χ1v) is 5.44. The highest BCUT2D eigenvalue weighted by Gasteiger charge is 2.13. The molecule has 18 heavy (non-hydrogen) atoms. The number of benzene rings is 1. The van der Waals surface area contributed by atoms with Gasteiger partial charge >= 0.3 is 0 Å². The number of H-pyrrole nitrogens is 1. The van der Waals surface area contributed by atoms with Crippen molar-refractivity contribution in [3.05, 3.63) is 45.8 Å². The molecule has 0 unspecified atom stereocenters. The highest BCUT2D eigenvalue weighted by atomic mass is 19.1. The number of ether oxygens (including phenoxy) is 1. The molecule has 5 heteroatoms. The van der Waals surface area contributed by atoms with Gasteiger partial charge in [-0.05, 0) is 26.0 Å². The lowest BCUT2D eigenvalue weighted by Crippen LogP contribution is -2.14. The fourth-order valence-corrected chi connectivity index (χ4v) is 1.72. The number of hydrogen-bond donors (Lipinski definition) is 1. The van der Waals surface area contributed by atoms with Crippen molar-refractivity contribution < 1.29 is 9.13 Å². The number of halogens is 1. The van der Waals surface area contributed by atoms with E-state index in [2.05, 4.69) is 9.97 Å². The van der Waals surface area contributed by atoms with Crippen molar-refractivity contribution in [1.29, 1.82) is 0 Å². The summed E-state index contributed by atoms with van der Waals surface area (Å²) in [7, 11) is 1.47. The van der Waals surface area contributed by atoms with Gasteiger partial charge in [0.15, 0.2) is 0 Å². The maximum absolute atomic E-state index is 13.9. The Morgan fingerprint density at radius 1 is 1.33 bits per heavy atom. The highest BCUT2D eigenvalue weighted by molar-refractivity contribution is 5.64. The molecule has 0 aliphatic rings. The monoisotopic (exact) mass is 248 g/mol. The molecule has 94 valence electrons. The van der Waals surface area contributed by atoms with Gasteiger partial charge in [-0.3, -0.25) is 4.79 Å². The summed E-state index contributed by atoms with van der Waals surface area (Å²) in [6, 6.07) is 4.46. The van der Waals surface area contributed by atoms with Crippen molar-refractivity contribution in [2.45, 2.75) is 13.8 Å². The van der Waals surface area contributed by atoms with Crippen LogP contribution in [0.4, 0.5) is 4.39 Å². The number of hydrogen-bond acceptors (Lipinski definition) is 3. The first kappa shape index (κ1) is 12.3. The van der Waals surface area contributed by atoms with E-state index in [1.165, 1.54) is 13.2 Å². The average Bonchev–Trinajstić information content (AvgIpc) is 2.34. The largest absolute Gasteiger partial charge is 0.497 e. The van der Waals surface area contributed by atoms with Crippen molar-refractivity contribution in [2.24, 2.45) is 0 Å². The molecule has 1 aromatic carbocycles. The lowest BCUT2D eigenvalue weighted by atomic mass is 10.1. The van der Waals surface area contributed by atoms with Gasteiger partial charge in [0.1, 0.15) is 17.4 Å². The lowest BCUT2D eigenvalue weighted by molar-refractivity contribution is 0.411. The molecule has 0 atom stereocenters. The van der Waals surface area contributed by atoms with Crippen LogP contribution in [0.3, 0.4) is 0 Å². The number of methoxy groups -OCH3 is 1. The molecule has 0 saturated heterocycles. The second-order valence-electron chi connectivity index (χ2n) is 3.97. The molecule has 0 fully saturated rings. The number of rotatable bonds is 2. The van der Waals surface area contributed by atoms with E-state index in [1.54, 1.807) is 26.0 Å². The molecular weight excluding hydrogens is 235 g/mol. The van der Waals surface area contributed by atoms with Gasteiger partial charge in [0.05, 0.1) is 12.8 Å².